The summed E-state index contributed by atoms with van der Waals surface area (Å²) in [6.45, 7) is 0. The van der Waals surface area contributed by atoms with Gasteiger partial charge < -0.3 is 15.6 Å². The van der Waals surface area contributed by atoms with E-state index < -0.39 is 33.8 Å². The van der Waals surface area contributed by atoms with Crippen molar-refractivity contribution in [2.45, 2.75) is 0 Å². The minimum atomic E-state index is -2.51. The van der Waals surface area contributed by atoms with Gasteiger partial charge in [0.2, 0.25) is 5.75 Å². The summed E-state index contributed by atoms with van der Waals surface area (Å²) in [4.78, 5) is 8.54. The van der Waals surface area contributed by atoms with E-state index in [2.05, 4.69) is 10.5 Å². The van der Waals surface area contributed by atoms with Crippen LogP contribution in [0.4, 0.5) is 0 Å². The third-order valence-electron chi connectivity index (χ3n) is 1.64. The number of hydrogen-bond acceptors (Lipinski definition) is 4. The van der Waals surface area contributed by atoms with Crippen LogP contribution in [0.15, 0.2) is 23.3 Å². The topological polar surface area (TPSA) is 140 Å². The van der Waals surface area contributed by atoms with Gasteiger partial charge in [-0.1, -0.05) is 6.07 Å². The molecular formula is C9H12N3O5U+3. The average molecular weight is 480 g/mol. The summed E-state index contributed by atoms with van der Waals surface area (Å²) >= 11 is -2.51. The Morgan fingerprint density at radius 2 is 2.22 bits per heavy atom. The molecule has 9 heteroatoms. The summed E-state index contributed by atoms with van der Waals surface area (Å²) in [5.41, 5.74) is 8.61. The van der Waals surface area contributed by atoms with E-state index in [1.165, 1.54) is 13.3 Å². The number of ether oxygens (including phenoxy) is 1. The van der Waals surface area contributed by atoms with Crippen molar-refractivity contribution in [2.75, 3.05) is 7.11 Å². The number of hydrogen-bond donors (Lipinski definition) is 1. The molecule has 0 aromatic heterocycles. The number of nitrogens with two attached hydrogens (primary N) is 1. The Labute approximate surface area is 117 Å². The zero-order chi connectivity index (χ0) is 14.0. The van der Waals surface area contributed by atoms with Gasteiger partial charge in [0.05, 0.1) is 12.7 Å². The van der Waals surface area contributed by atoms with Crippen molar-refractivity contribution in [1.82, 2.24) is 0 Å². The second-order valence-electron chi connectivity index (χ2n) is 2.71. The first-order valence-electron chi connectivity index (χ1n) is 4.50. The molecule has 0 aliphatic carbocycles. The van der Waals surface area contributed by atoms with Gasteiger partial charge in [-0.15, -0.1) is 0 Å². The van der Waals surface area contributed by atoms with Crippen molar-refractivity contribution in [1.29, 1.82) is 0 Å². The molecule has 1 aromatic rings. The number of rotatable bonds is 3. The normalized spacial score (nSPS) is 8.94. The maximum atomic E-state index is 8.58. The molecule has 0 aliphatic heterocycles. The SMILES string of the molecule is COc1cccc(C=N[N-]C(N)=[OH+])c1[OH2+].[O]=[U+2]=[O]. The van der Waals surface area contributed by atoms with Crippen molar-refractivity contribution in [3.8, 4) is 11.5 Å². The number of benzene rings is 1. The Kier molecular flexibility index (Phi) is 8.61. The first-order chi connectivity index (χ1) is 8.56. The summed E-state index contributed by atoms with van der Waals surface area (Å²) in [5.74, 6) is 0.648. The number of nitrogens with zero attached hydrogens (tertiary/aromatic N) is 2. The fourth-order valence-electron chi connectivity index (χ4n) is 0.976. The standard InChI is InChI=1S/C9H11N3O3.2O.U/c1-15-7-4-2-3-6(8(7)13)5-11-12-9(10)14;;;/h2-5H,1H3,(H4,10,11,12,13,14);;;/q;;;+2/p+1. The summed E-state index contributed by atoms with van der Waals surface area (Å²) in [6.07, 6.45) is 1.31. The van der Waals surface area contributed by atoms with Crippen LogP contribution in [-0.4, -0.2) is 29.3 Å². The quantitative estimate of drug-likeness (QED) is 0.371. The van der Waals surface area contributed by atoms with Crippen LogP contribution in [0.2, 0.25) is 0 Å². The first kappa shape index (κ1) is 16.4. The molecule has 18 heavy (non-hydrogen) atoms. The van der Waals surface area contributed by atoms with E-state index in [9.17, 15) is 0 Å². The number of para-hydroxylation sites is 1. The van der Waals surface area contributed by atoms with Crippen LogP contribution in [0.3, 0.4) is 0 Å². The van der Waals surface area contributed by atoms with E-state index in [1.807, 2.05) is 0 Å². The summed E-state index contributed by atoms with van der Waals surface area (Å²) in [5, 5.41) is 11.2. The molecule has 8 nitrogen and oxygen atoms in total. The van der Waals surface area contributed by atoms with Gasteiger partial charge >= 0.3 is 44.1 Å². The number of urea groups is 1. The Balaban J connectivity index is 0.000000873. The molecule has 0 heterocycles. The fourth-order valence-corrected chi connectivity index (χ4v) is 0.976. The molecule has 0 aliphatic rings. The van der Waals surface area contributed by atoms with Crippen LogP contribution in [0.5, 0.6) is 11.5 Å². The van der Waals surface area contributed by atoms with Gasteiger partial charge in [-0.25, -0.2) is 0 Å². The van der Waals surface area contributed by atoms with Crippen molar-refractivity contribution in [3.63, 3.8) is 0 Å². The van der Waals surface area contributed by atoms with Gasteiger partial charge in [0.1, 0.15) is 0 Å². The minimum absolute atomic E-state index is 0.204. The third-order valence-corrected chi connectivity index (χ3v) is 1.64. The number of amides is 2. The molecule has 0 atom stereocenters. The van der Waals surface area contributed by atoms with Gasteiger partial charge in [-0.3, -0.25) is 15.3 Å². The number of carbonyl (C=O) groups excluding carboxylic acids is 1. The molecule has 0 unspecified atom stereocenters. The average Bonchev–Trinajstić information content (AvgIpc) is 2.32. The summed E-state index contributed by atoms with van der Waals surface area (Å²) in [7, 11) is 1.48. The predicted molar refractivity (Wildman–Crippen MR) is 59.5 cm³/mol. The number of primary amides is 1. The van der Waals surface area contributed by atoms with Crippen molar-refractivity contribution >= 4 is 12.2 Å². The number of methoxy groups -OCH3 is 1. The van der Waals surface area contributed by atoms with Crippen LogP contribution in [0.1, 0.15) is 5.56 Å². The molecule has 1 rings (SSSR count). The zero-order valence-electron chi connectivity index (χ0n) is 9.45. The van der Waals surface area contributed by atoms with Crippen LogP contribution in [0.25, 0.3) is 5.43 Å². The molecule has 0 radical (unpaired) electrons. The van der Waals surface area contributed by atoms with E-state index in [0.717, 1.165) is 0 Å². The summed E-state index contributed by atoms with van der Waals surface area (Å²) in [6, 6.07) is 4.45. The fraction of sp³-hybridized carbons (Fsp3) is 0.111. The van der Waals surface area contributed by atoms with E-state index >= 15 is 0 Å². The molecule has 0 bridgehead atoms. The van der Waals surface area contributed by atoms with Gasteiger partial charge in [-0.2, -0.15) is 0 Å². The molecule has 5 N–H and O–H groups in total. The molecule has 1 aromatic carbocycles. The molecule has 0 saturated carbocycles. The Morgan fingerprint density at radius 1 is 1.61 bits per heavy atom. The van der Waals surface area contributed by atoms with Gasteiger partial charge in [-0.05, 0) is 12.1 Å². The van der Waals surface area contributed by atoms with Crippen LogP contribution in [-0.2, 0) is 4.47 Å². The van der Waals surface area contributed by atoms with Crippen molar-refractivity contribution < 1.29 is 46.9 Å². The van der Waals surface area contributed by atoms with E-state index in [-0.39, 0.29) is 5.75 Å². The second kappa shape index (κ2) is 9.44. The molecule has 2 amide bonds. The Morgan fingerprint density at radius 3 is 2.72 bits per heavy atom. The van der Waals surface area contributed by atoms with E-state index in [1.54, 1.807) is 18.2 Å². The van der Waals surface area contributed by atoms with Gasteiger partial charge in [0, 0.05) is 6.21 Å². The monoisotopic (exact) mass is 480 g/mol. The van der Waals surface area contributed by atoms with Crippen molar-refractivity contribution in [3.05, 3.63) is 29.2 Å². The Hall–Kier alpha value is -1.59. The summed E-state index contributed by atoms with van der Waals surface area (Å²) < 4.78 is 22.1. The molecule has 0 spiro atoms. The maximum absolute atomic E-state index is 8.58. The van der Waals surface area contributed by atoms with Crippen LogP contribution in [0, 0.1) is 27.8 Å². The van der Waals surface area contributed by atoms with Gasteiger partial charge in [0.15, 0.2) is 0 Å². The molecule has 0 fully saturated rings. The molecular weight excluding hydrogens is 468 g/mol. The zero-order valence-corrected chi connectivity index (χ0v) is 13.6. The van der Waals surface area contributed by atoms with E-state index in [4.69, 9.17) is 24.8 Å². The first-order valence-corrected chi connectivity index (χ1v) is 7.90. The molecule has 94 valence electrons. The second-order valence-corrected chi connectivity index (χ2v) is 3.40. The predicted octanol–water partition coefficient (Wildman–Crippen LogP) is 0.0217. The Bertz CT molecular complexity index is 471. The van der Waals surface area contributed by atoms with Crippen molar-refractivity contribution in [2.24, 2.45) is 10.8 Å². The van der Waals surface area contributed by atoms with Gasteiger partial charge in [0.25, 0.3) is 0 Å². The van der Waals surface area contributed by atoms with Crippen LogP contribution < -0.4 is 10.5 Å². The third kappa shape index (κ3) is 6.22. The molecule has 0 saturated heterocycles. The van der Waals surface area contributed by atoms with Crippen LogP contribution >= 0.6 is 0 Å². The van der Waals surface area contributed by atoms with E-state index in [0.29, 0.717) is 11.3 Å².